The molecule has 1 amide bonds. The summed E-state index contributed by atoms with van der Waals surface area (Å²) in [4.78, 5) is 27.8. The zero-order valence-corrected chi connectivity index (χ0v) is 15.5. The molecule has 0 aliphatic rings. The number of hydrogen-bond acceptors (Lipinski definition) is 6. The fourth-order valence-electron chi connectivity index (χ4n) is 2.74. The monoisotopic (exact) mass is 381 g/mol. The summed E-state index contributed by atoms with van der Waals surface area (Å²) in [6, 6.07) is 14.6. The molecule has 0 fully saturated rings. The largest absolute Gasteiger partial charge is 0.497 e. The van der Waals surface area contributed by atoms with Crippen molar-refractivity contribution in [2.45, 2.75) is 6.54 Å². The summed E-state index contributed by atoms with van der Waals surface area (Å²) >= 11 is 0. The number of nitro groups is 1. The third-order valence-electron chi connectivity index (χ3n) is 4.23. The van der Waals surface area contributed by atoms with Crippen molar-refractivity contribution in [2.24, 2.45) is 0 Å². The number of aromatic nitrogens is 1. The third kappa shape index (κ3) is 4.35. The molecule has 144 valence electrons. The summed E-state index contributed by atoms with van der Waals surface area (Å²) in [6.45, 7) is 0.0765. The number of benzene rings is 2. The van der Waals surface area contributed by atoms with E-state index in [0.717, 1.165) is 22.1 Å². The van der Waals surface area contributed by atoms with Crippen LogP contribution in [0.15, 0.2) is 54.7 Å². The van der Waals surface area contributed by atoms with Crippen LogP contribution >= 0.6 is 0 Å². The second kappa shape index (κ2) is 8.34. The molecule has 0 saturated heterocycles. The average molecular weight is 381 g/mol. The SMILES string of the molecule is COc1ccc2cc(CN(C)C(=O)COc3cccnc3[N+](=O)[O-])ccc2c1. The van der Waals surface area contributed by atoms with E-state index in [0.29, 0.717) is 6.54 Å². The van der Waals surface area contributed by atoms with E-state index in [1.54, 1.807) is 14.2 Å². The molecule has 0 atom stereocenters. The van der Waals surface area contributed by atoms with Crippen molar-refractivity contribution >= 4 is 22.5 Å². The topological polar surface area (TPSA) is 94.8 Å². The van der Waals surface area contributed by atoms with Crippen molar-refractivity contribution in [1.29, 1.82) is 0 Å². The Morgan fingerprint density at radius 3 is 2.68 bits per heavy atom. The molecule has 3 rings (SSSR count). The van der Waals surface area contributed by atoms with Crippen molar-refractivity contribution in [3.8, 4) is 11.5 Å². The number of hydrogen-bond donors (Lipinski definition) is 0. The van der Waals surface area contributed by atoms with Crippen LogP contribution in [0, 0.1) is 10.1 Å². The number of pyridine rings is 1. The molecule has 0 saturated carbocycles. The third-order valence-corrected chi connectivity index (χ3v) is 4.23. The van der Waals surface area contributed by atoms with Gasteiger partial charge in [0.1, 0.15) is 11.9 Å². The maximum Gasteiger partial charge on any atom is 0.406 e. The first-order valence-electron chi connectivity index (χ1n) is 8.51. The first-order valence-corrected chi connectivity index (χ1v) is 8.51. The van der Waals surface area contributed by atoms with Gasteiger partial charge in [-0.1, -0.05) is 18.2 Å². The summed E-state index contributed by atoms with van der Waals surface area (Å²) in [5, 5.41) is 13.0. The molecule has 8 nitrogen and oxygen atoms in total. The van der Waals surface area contributed by atoms with Crippen molar-refractivity contribution in [3.63, 3.8) is 0 Å². The number of rotatable bonds is 7. The minimum Gasteiger partial charge on any atom is -0.497 e. The first-order chi connectivity index (χ1) is 13.5. The number of methoxy groups -OCH3 is 1. The second-order valence-electron chi connectivity index (χ2n) is 6.17. The van der Waals surface area contributed by atoms with Gasteiger partial charge in [0.2, 0.25) is 5.75 Å². The van der Waals surface area contributed by atoms with Crippen LogP contribution in [0.3, 0.4) is 0 Å². The minimum atomic E-state index is -0.645. The van der Waals surface area contributed by atoms with E-state index in [1.807, 2.05) is 36.4 Å². The van der Waals surface area contributed by atoms with Crippen LogP contribution in [0.5, 0.6) is 11.5 Å². The van der Waals surface area contributed by atoms with Crippen molar-refractivity contribution in [1.82, 2.24) is 9.88 Å². The van der Waals surface area contributed by atoms with Crippen LogP contribution in [0.4, 0.5) is 5.82 Å². The summed E-state index contributed by atoms with van der Waals surface area (Å²) < 4.78 is 10.5. The van der Waals surface area contributed by atoms with Crippen LogP contribution in [0.1, 0.15) is 5.56 Å². The minimum absolute atomic E-state index is 0.0334. The van der Waals surface area contributed by atoms with E-state index in [1.165, 1.54) is 23.2 Å². The lowest BCUT2D eigenvalue weighted by molar-refractivity contribution is -0.390. The zero-order valence-electron chi connectivity index (χ0n) is 15.5. The summed E-state index contributed by atoms with van der Waals surface area (Å²) in [5.41, 5.74) is 0.959. The molecule has 1 heterocycles. The lowest BCUT2D eigenvalue weighted by Crippen LogP contribution is -2.31. The van der Waals surface area contributed by atoms with Gasteiger partial charge in [-0.2, -0.15) is 0 Å². The number of carbonyl (C=O) groups excluding carboxylic acids is 1. The fourth-order valence-corrected chi connectivity index (χ4v) is 2.74. The van der Waals surface area contributed by atoms with Gasteiger partial charge in [0.15, 0.2) is 6.61 Å². The van der Waals surface area contributed by atoms with E-state index in [4.69, 9.17) is 9.47 Å². The molecule has 0 aliphatic carbocycles. The molecular formula is C20H19N3O5. The Balaban J connectivity index is 1.64. The van der Waals surface area contributed by atoms with E-state index in [2.05, 4.69) is 4.98 Å². The first kappa shape index (κ1) is 19.1. The molecule has 3 aromatic rings. The highest BCUT2D eigenvalue weighted by atomic mass is 16.6. The van der Waals surface area contributed by atoms with Gasteiger partial charge in [0.25, 0.3) is 5.91 Å². The van der Waals surface area contributed by atoms with Crippen LogP contribution < -0.4 is 9.47 Å². The van der Waals surface area contributed by atoms with E-state index in [-0.39, 0.29) is 18.3 Å². The molecule has 0 aliphatic heterocycles. The maximum absolute atomic E-state index is 12.3. The number of amides is 1. The Morgan fingerprint density at radius 2 is 1.93 bits per heavy atom. The molecule has 0 spiro atoms. The average Bonchev–Trinajstić information content (AvgIpc) is 2.71. The van der Waals surface area contributed by atoms with Crippen molar-refractivity contribution < 1.29 is 19.2 Å². The van der Waals surface area contributed by atoms with Gasteiger partial charge in [-0.05, 0) is 56.6 Å². The maximum atomic E-state index is 12.3. The van der Waals surface area contributed by atoms with Gasteiger partial charge in [0.05, 0.1) is 7.11 Å². The summed E-state index contributed by atoms with van der Waals surface area (Å²) in [5.74, 6) is 0.0407. The number of carbonyl (C=O) groups is 1. The Morgan fingerprint density at radius 1 is 1.18 bits per heavy atom. The molecule has 0 N–H and O–H groups in total. The van der Waals surface area contributed by atoms with Crippen LogP contribution in [0.2, 0.25) is 0 Å². The normalized spacial score (nSPS) is 10.5. The Labute approximate surface area is 161 Å². The second-order valence-corrected chi connectivity index (χ2v) is 6.17. The Bertz CT molecular complexity index is 1020. The van der Waals surface area contributed by atoms with Crippen molar-refractivity contribution in [2.75, 3.05) is 20.8 Å². The summed E-state index contributed by atoms with van der Waals surface area (Å²) in [7, 11) is 3.28. The number of ether oxygens (including phenoxy) is 2. The zero-order chi connectivity index (χ0) is 20.1. The lowest BCUT2D eigenvalue weighted by atomic mass is 10.1. The van der Waals surface area contributed by atoms with Gasteiger partial charge < -0.3 is 24.5 Å². The van der Waals surface area contributed by atoms with Gasteiger partial charge in [0, 0.05) is 13.6 Å². The summed E-state index contributed by atoms with van der Waals surface area (Å²) in [6.07, 6.45) is 1.30. The quantitative estimate of drug-likeness (QED) is 0.461. The lowest BCUT2D eigenvalue weighted by Gasteiger charge is -2.18. The van der Waals surface area contributed by atoms with Gasteiger partial charge in [-0.25, -0.2) is 0 Å². The number of likely N-dealkylation sites (N-methyl/N-ethyl adjacent to an activating group) is 1. The molecule has 1 aromatic heterocycles. The molecule has 0 unspecified atom stereocenters. The van der Waals surface area contributed by atoms with Crippen LogP contribution in [0.25, 0.3) is 10.8 Å². The molecule has 2 aromatic carbocycles. The number of nitrogens with zero attached hydrogens (tertiary/aromatic N) is 3. The van der Waals surface area contributed by atoms with Gasteiger partial charge in [-0.15, -0.1) is 0 Å². The van der Waals surface area contributed by atoms with E-state index < -0.39 is 10.7 Å². The molecular weight excluding hydrogens is 362 g/mol. The molecule has 0 radical (unpaired) electrons. The van der Waals surface area contributed by atoms with Crippen LogP contribution in [-0.2, 0) is 11.3 Å². The number of fused-ring (bicyclic) bond motifs is 1. The van der Waals surface area contributed by atoms with E-state index in [9.17, 15) is 14.9 Å². The predicted molar refractivity (Wildman–Crippen MR) is 103 cm³/mol. The molecule has 8 heteroatoms. The fraction of sp³-hybridized carbons (Fsp3) is 0.200. The standard InChI is InChI=1S/C20H19N3O5/c1-22(19(24)13-28-18-4-3-9-21-20(18)23(25)26)12-14-5-6-16-11-17(27-2)8-7-15(16)10-14/h3-11H,12-13H2,1-2H3. The smallest absolute Gasteiger partial charge is 0.406 e. The molecule has 28 heavy (non-hydrogen) atoms. The highest BCUT2D eigenvalue weighted by Crippen LogP contribution is 2.24. The van der Waals surface area contributed by atoms with Crippen LogP contribution in [-0.4, -0.2) is 41.5 Å². The van der Waals surface area contributed by atoms with Crippen molar-refractivity contribution in [3.05, 3.63) is 70.4 Å². The molecule has 0 bridgehead atoms. The van der Waals surface area contributed by atoms with E-state index >= 15 is 0 Å². The Hall–Kier alpha value is -3.68. The highest BCUT2D eigenvalue weighted by molar-refractivity contribution is 5.84. The van der Waals surface area contributed by atoms with Gasteiger partial charge in [-0.3, -0.25) is 4.79 Å². The predicted octanol–water partition coefficient (Wildman–Crippen LogP) is 3.19. The highest BCUT2D eigenvalue weighted by Gasteiger charge is 2.18. The Kier molecular flexibility index (Phi) is 5.69. The van der Waals surface area contributed by atoms with Gasteiger partial charge >= 0.3 is 5.82 Å².